The molecule has 2 aliphatic rings. The fraction of sp³-hybridized carbons (Fsp3) is 0.900. The Morgan fingerprint density at radius 1 is 1.57 bits per heavy atom. The zero-order chi connectivity index (χ0) is 10.0. The molecule has 1 unspecified atom stereocenters. The van der Waals surface area contributed by atoms with E-state index in [1.807, 2.05) is 4.90 Å². The maximum Gasteiger partial charge on any atom is 0.317 e. The van der Waals surface area contributed by atoms with Crippen LogP contribution >= 0.6 is 0 Å². The molecule has 0 aromatic carbocycles. The third kappa shape index (κ3) is 2.00. The van der Waals surface area contributed by atoms with Crippen molar-refractivity contribution >= 4 is 6.03 Å². The lowest BCUT2D eigenvalue weighted by Crippen LogP contribution is -2.51. The molecule has 80 valence electrons. The first-order valence-electron chi connectivity index (χ1n) is 5.36. The van der Waals surface area contributed by atoms with Crippen molar-refractivity contribution < 1.29 is 9.53 Å². The molecule has 0 saturated carbocycles. The minimum absolute atomic E-state index is 0.0629. The normalized spacial score (nSPS) is 33.2. The van der Waals surface area contributed by atoms with Crippen molar-refractivity contribution in [3.05, 3.63) is 0 Å². The molecule has 4 nitrogen and oxygen atoms in total. The van der Waals surface area contributed by atoms with Gasteiger partial charge in [0.25, 0.3) is 0 Å². The van der Waals surface area contributed by atoms with Gasteiger partial charge >= 0.3 is 6.03 Å². The molecular formula is C10H18N2O2. The van der Waals surface area contributed by atoms with Crippen LogP contribution in [0.1, 0.15) is 26.2 Å². The lowest BCUT2D eigenvalue weighted by molar-refractivity contribution is -0.00244. The molecule has 0 radical (unpaired) electrons. The lowest BCUT2D eigenvalue weighted by Gasteiger charge is -2.34. The number of hydrogen-bond donors (Lipinski definition) is 1. The third-order valence-electron chi connectivity index (χ3n) is 2.99. The quantitative estimate of drug-likeness (QED) is 0.718. The summed E-state index contributed by atoms with van der Waals surface area (Å²) in [5.41, 5.74) is -0.103. The van der Waals surface area contributed by atoms with Crippen molar-refractivity contribution in [2.75, 3.05) is 26.2 Å². The van der Waals surface area contributed by atoms with Crippen LogP contribution in [-0.2, 0) is 4.74 Å². The number of amides is 2. The number of carbonyl (C=O) groups excluding carboxylic acids is 1. The molecule has 0 bridgehead atoms. The minimum Gasteiger partial charge on any atom is -0.373 e. The highest BCUT2D eigenvalue weighted by Crippen LogP contribution is 2.26. The molecule has 2 aliphatic heterocycles. The summed E-state index contributed by atoms with van der Waals surface area (Å²) in [7, 11) is 0. The highest BCUT2D eigenvalue weighted by molar-refractivity contribution is 5.74. The second-order valence-electron chi connectivity index (χ2n) is 4.41. The van der Waals surface area contributed by atoms with Gasteiger partial charge in [0.15, 0.2) is 0 Å². The zero-order valence-corrected chi connectivity index (χ0v) is 8.71. The number of nitrogens with one attached hydrogen (secondary N) is 1. The topological polar surface area (TPSA) is 41.6 Å². The summed E-state index contributed by atoms with van der Waals surface area (Å²) in [6, 6.07) is 0.0629. The Bertz CT molecular complexity index is 224. The van der Waals surface area contributed by atoms with E-state index in [-0.39, 0.29) is 11.6 Å². The molecule has 1 atom stereocenters. The van der Waals surface area contributed by atoms with Gasteiger partial charge in [0.05, 0.1) is 12.1 Å². The van der Waals surface area contributed by atoms with Crippen molar-refractivity contribution in [2.24, 2.45) is 0 Å². The van der Waals surface area contributed by atoms with Crippen molar-refractivity contribution in [3.8, 4) is 0 Å². The third-order valence-corrected chi connectivity index (χ3v) is 2.99. The van der Waals surface area contributed by atoms with Crippen molar-refractivity contribution in [3.63, 3.8) is 0 Å². The van der Waals surface area contributed by atoms with Crippen LogP contribution in [0, 0.1) is 0 Å². The van der Waals surface area contributed by atoms with Gasteiger partial charge < -0.3 is 15.0 Å². The zero-order valence-electron chi connectivity index (χ0n) is 8.71. The fourth-order valence-electron chi connectivity index (χ4n) is 2.19. The Hall–Kier alpha value is -0.770. The molecule has 0 aromatic heterocycles. The maximum atomic E-state index is 11.5. The van der Waals surface area contributed by atoms with Crippen molar-refractivity contribution in [2.45, 2.75) is 31.8 Å². The molecule has 2 fully saturated rings. The molecule has 2 rings (SSSR count). The Labute approximate surface area is 84.6 Å². The number of nitrogens with zero attached hydrogens (tertiary/aromatic N) is 1. The van der Waals surface area contributed by atoms with Crippen LogP contribution in [-0.4, -0.2) is 42.8 Å². The first kappa shape index (κ1) is 9.77. The maximum absolute atomic E-state index is 11.5. The SMILES string of the molecule is CC1(CN2CCCNC2=O)CCCO1. The van der Waals surface area contributed by atoms with E-state index in [4.69, 9.17) is 4.74 Å². The molecule has 0 aliphatic carbocycles. The molecule has 4 heteroatoms. The number of urea groups is 1. The molecule has 2 saturated heterocycles. The molecule has 2 heterocycles. The summed E-state index contributed by atoms with van der Waals surface area (Å²) >= 11 is 0. The van der Waals surface area contributed by atoms with Gasteiger partial charge in [0.1, 0.15) is 0 Å². The van der Waals surface area contributed by atoms with E-state index < -0.39 is 0 Å². The van der Waals surface area contributed by atoms with E-state index >= 15 is 0 Å². The van der Waals surface area contributed by atoms with E-state index in [0.717, 1.165) is 45.5 Å². The standard InChI is InChI=1S/C10H18N2O2/c1-10(4-2-7-14-10)8-12-6-3-5-11-9(12)13/h2-8H2,1H3,(H,11,13). The number of rotatable bonds is 2. The van der Waals surface area contributed by atoms with Crippen LogP contribution in [0.3, 0.4) is 0 Å². The minimum atomic E-state index is -0.103. The average molecular weight is 198 g/mol. The van der Waals surface area contributed by atoms with Crippen LogP contribution in [0.5, 0.6) is 0 Å². The molecular weight excluding hydrogens is 180 g/mol. The van der Waals surface area contributed by atoms with E-state index in [1.165, 1.54) is 0 Å². The number of ether oxygens (including phenoxy) is 1. The summed E-state index contributed by atoms with van der Waals surface area (Å²) in [6.45, 7) is 5.35. The molecule has 14 heavy (non-hydrogen) atoms. The Morgan fingerprint density at radius 3 is 3.07 bits per heavy atom. The predicted octanol–water partition coefficient (Wildman–Crippen LogP) is 0.971. The second-order valence-corrected chi connectivity index (χ2v) is 4.41. The van der Waals surface area contributed by atoms with Crippen LogP contribution in [0.15, 0.2) is 0 Å². The largest absolute Gasteiger partial charge is 0.373 e. The van der Waals surface area contributed by atoms with E-state index in [9.17, 15) is 4.79 Å². The lowest BCUT2D eigenvalue weighted by atomic mass is 10.0. The second kappa shape index (κ2) is 3.77. The van der Waals surface area contributed by atoms with E-state index in [0.29, 0.717) is 0 Å². The summed E-state index contributed by atoms with van der Waals surface area (Å²) in [5.74, 6) is 0. The monoisotopic (exact) mass is 198 g/mol. The van der Waals surface area contributed by atoms with Gasteiger partial charge in [-0.2, -0.15) is 0 Å². The van der Waals surface area contributed by atoms with Gasteiger partial charge in [-0.1, -0.05) is 0 Å². The first-order chi connectivity index (χ1) is 6.70. The summed E-state index contributed by atoms with van der Waals surface area (Å²) in [5, 5.41) is 2.85. The Morgan fingerprint density at radius 2 is 2.43 bits per heavy atom. The van der Waals surface area contributed by atoms with Gasteiger partial charge in [-0.05, 0) is 26.2 Å². The fourth-order valence-corrected chi connectivity index (χ4v) is 2.19. The van der Waals surface area contributed by atoms with Gasteiger partial charge in [0, 0.05) is 19.7 Å². The highest BCUT2D eigenvalue weighted by Gasteiger charge is 2.34. The van der Waals surface area contributed by atoms with Gasteiger partial charge in [-0.3, -0.25) is 0 Å². The highest BCUT2D eigenvalue weighted by atomic mass is 16.5. The average Bonchev–Trinajstić information content (AvgIpc) is 2.57. The van der Waals surface area contributed by atoms with E-state index in [2.05, 4.69) is 12.2 Å². The predicted molar refractivity (Wildman–Crippen MR) is 53.2 cm³/mol. The van der Waals surface area contributed by atoms with Crippen molar-refractivity contribution in [1.29, 1.82) is 0 Å². The van der Waals surface area contributed by atoms with Gasteiger partial charge in [-0.25, -0.2) is 4.79 Å². The molecule has 0 aromatic rings. The van der Waals surface area contributed by atoms with Crippen LogP contribution in [0.4, 0.5) is 4.79 Å². The number of hydrogen-bond acceptors (Lipinski definition) is 2. The molecule has 0 spiro atoms. The smallest absolute Gasteiger partial charge is 0.317 e. The van der Waals surface area contributed by atoms with Crippen LogP contribution < -0.4 is 5.32 Å². The summed E-state index contributed by atoms with van der Waals surface area (Å²) in [4.78, 5) is 13.4. The molecule has 2 amide bonds. The first-order valence-corrected chi connectivity index (χ1v) is 5.36. The van der Waals surface area contributed by atoms with Gasteiger partial charge in [-0.15, -0.1) is 0 Å². The Balaban J connectivity index is 1.91. The van der Waals surface area contributed by atoms with Crippen molar-refractivity contribution in [1.82, 2.24) is 10.2 Å². The summed E-state index contributed by atoms with van der Waals surface area (Å²) in [6.07, 6.45) is 3.23. The number of carbonyl (C=O) groups is 1. The van der Waals surface area contributed by atoms with Gasteiger partial charge in [0.2, 0.25) is 0 Å². The Kier molecular flexibility index (Phi) is 2.63. The van der Waals surface area contributed by atoms with Crippen LogP contribution in [0.25, 0.3) is 0 Å². The van der Waals surface area contributed by atoms with E-state index in [1.54, 1.807) is 0 Å². The van der Waals surface area contributed by atoms with Crippen LogP contribution in [0.2, 0.25) is 0 Å². The summed E-state index contributed by atoms with van der Waals surface area (Å²) < 4.78 is 5.67. The molecule has 1 N–H and O–H groups in total.